The Hall–Kier alpha value is -0.860. The molecule has 0 radical (unpaired) electrons. The molecule has 1 rings (SSSR count). The standard InChI is InChI=1S/C14H23NO/c1-10-7-8-11(14(5,6)15-16)12(9-10)13(2,3)4/h7-9,15-16H,1-6H3. The van der Waals surface area contributed by atoms with Crippen LogP contribution in [0, 0.1) is 6.92 Å². The number of nitrogens with one attached hydrogen (secondary N) is 1. The van der Waals surface area contributed by atoms with Gasteiger partial charge in [-0.05, 0) is 37.3 Å². The average molecular weight is 221 g/mol. The molecule has 0 aliphatic rings. The topological polar surface area (TPSA) is 32.3 Å². The third-order valence-corrected chi connectivity index (χ3v) is 2.94. The Kier molecular flexibility index (Phi) is 3.46. The molecule has 0 aromatic heterocycles. The second kappa shape index (κ2) is 4.19. The highest BCUT2D eigenvalue weighted by atomic mass is 16.5. The molecule has 90 valence electrons. The van der Waals surface area contributed by atoms with Gasteiger partial charge in [0.05, 0.1) is 5.54 Å². The van der Waals surface area contributed by atoms with Crippen molar-refractivity contribution in [2.45, 2.75) is 52.5 Å². The third kappa shape index (κ3) is 2.63. The molecule has 0 aliphatic carbocycles. The van der Waals surface area contributed by atoms with Crippen LogP contribution in [0.5, 0.6) is 0 Å². The zero-order valence-electron chi connectivity index (χ0n) is 11.2. The molecule has 16 heavy (non-hydrogen) atoms. The van der Waals surface area contributed by atoms with Crippen LogP contribution in [0.15, 0.2) is 18.2 Å². The number of benzene rings is 1. The zero-order valence-corrected chi connectivity index (χ0v) is 11.2. The van der Waals surface area contributed by atoms with E-state index in [0.717, 1.165) is 5.56 Å². The molecule has 0 bridgehead atoms. The summed E-state index contributed by atoms with van der Waals surface area (Å²) in [5.74, 6) is 0. The van der Waals surface area contributed by atoms with Crippen LogP contribution in [0.2, 0.25) is 0 Å². The Bertz CT molecular complexity index is 375. The summed E-state index contributed by atoms with van der Waals surface area (Å²) in [6.45, 7) is 12.6. The Labute approximate surface area is 98.6 Å². The van der Waals surface area contributed by atoms with E-state index in [0.29, 0.717) is 0 Å². The van der Waals surface area contributed by atoms with Gasteiger partial charge in [-0.15, -0.1) is 0 Å². The number of hydrogen-bond donors (Lipinski definition) is 2. The third-order valence-electron chi connectivity index (χ3n) is 2.94. The van der Waals surface area contributed by atoms with Crippen LogP contribution >= 0.6 is 0 Å². The molecule has 0 unspecified atom stereocenters. The van der Waals surface area contributed by atoms with E-state index in [2.05, 4.69) is 51.4 Å². The van der Waals surface area contributed by atoms with E-state index in [1.165, 1.54) is 11.1 Å². The first-order valence-corrected chi connectivity index (χ1v) is 5.71. The van der Waals surface area contributed by atoms with E-state index in [4.69, 9.17) is 0 Å². The lowest BCUT2D eigenvalue weighted by Crippen LogP contribution is -2.36. The summed E-state index contributed by atoms with van der Waals surface area (Å²) in [5.41, 5.74) is 5.72. The summed E-state index contributed by atoms with van der Waals surface area (Å²) in [7, 11) is 0. The molecule has 0 amide bonds. The van der Waals surface area contributed by atoms with Crippen molar-refractivity contribution in [3.05, 3.63) is 34.9 Å². The minimum absolute atomic E-state index is 0.0788. The van der Waals surface area contributed by atoms with Gasteiger partial charge < -0.3 is 5.21 Å². The van der Waals surface area contributed by atoms with Crippen LogP contribution in [-0.2, 0) is 11.0 Å². The highest BCUT2D eigenvalue weighted by Gasteiger charge is 2.27. The Morgan fingerprint density at radius 1 is 1.00 bits per heavy atom. The van der Waals surface area contributed by atoms with Crippen LogP contribution in [-0.4, -0.2) is 5.21 Å². The summed E-state index contributed by atoms with van der Waals surface area (Å²) < 4.78 is 0. The molecule has 2 N–H and O–H groups in total. The second-order valence-corrected chi connectivity index (χ2v) is 6.04. The van der Waals surface area contributed by atoms with Gasteiger partial charge in [-0.2, -0.15) is 5.48 Å². The van der Waals surface area contributed by atoms with E-state index in [-0.39, 0.29) is 5.41 Å². The maximum atomic E-state index is 9.26. The number of aryl methyl sites for hydroxylation is 1. The first-order valence-electron chi connectivity index (χ1n) is 5.71. The molecule has 0 aliphatic heterocycles. The monoisotopic (exact) mass is 221 g/mol. The molecule has 2 nitrogen and oxygen atoms in total. The van der Waals surface area contributed by atoms with Crippen LogP contribution in [0.25, 0.3) is 0 Å². The Morgan fingerprint density at radius 2 is 1.56 bits per heavy atom. The second-order valence-electron chi connectivity index (χ2n) is 6.04. The van der Waals surface area contributed by atoms with Crippen molar-refractivity contribution < 1.29 is 5.21 Å². The molecule has 0 saturated heterocycles. The van der Waals surface area contributed by atoms with Crippen molar-refractivity contribution >= 4 is 0 Å². The smallest absolute Gasteiger partial charge is 0.0624 e. The maximum absolute atomic E-state index is 9.26. The molecule has 0 atom stereocenters. The van der Waals surface area contributed by atoms with Gasteiger partial charge in [0.25, 0.3) is 0 Å². The predicted molar refractivity (Wildman–Crippen MR) is 67.8 cm³/mol. The van der Waals surface area contributed by atoms with Crippen molar-refractivity contribution in [1.82, 2.24) is 5.48 Å². The Morgan fingerprint density at radius 3 is 2.00 bits per heavy atom. The predicted octanol–water partition coefficient (Wildman–Crippen LogP) is 3.51. The van der Waals surface area contributed by atoms with E-state index in [1.54, 1.807) is 0 Å². The van der Waals surface area contributed by atoms with Crippen molar-refractivity contribution in [2.75, 3.05) is 0 Å². The lowest BCUT2D eigenvalue weighted by molar-refractivity contribution is 0.0796. The fourth-order valence-corrected chi connectivity index (χ4v) is 1.88. The number of rotatable bonds is 2. The van der Waals surface area contributed by atoms with Gasteiger partial charge in [0.1, 0.15) is 0 Å². The minimum Gasteiger partial charge on any atom is -0.316 e. The van der Waals surface area contributed by atoms with Crippen molar-refractivity contribution in [3.63, 3.8) is 0 Å². The van der Waals surface area contributed by atoms with Crippen molar-refractivity contribution in [1.29, 1.82) is 0 Å². The average Bonchev–Trinajstić information content (AvgIpc) is 2.16. The van der Waals surface area contributed by atoms with E-state index in [1.807, 2.05) is 13.8 Å². The summed E-state index contributed by atoms with van der Waals surface area (Å²) in [4.78, 5) is 0. The van der Waals surface area contributed by atoms with Crippen LogP contribution < -0.4 is 5.48 Å². The molecule has 0 spiro atoms. The summed E-state index contributed by atoms with van der Waals surface area (Å²) in [6.07, 6.45) is 0. The fourth-order valence-electron chi connectivity index (χ4n) is 1.88. The van der Waals surface area contributed by atoms with Crippen molar-refractivity contribution in [3.8, 4) is 0 Å². The van der Waals surface area contributed by atoms with Gasteiger partial charge >= 0.3 is 0 Å². The summed E-state index contributed by atoms with van der Waals surface area (Å²) in [6, 6.07) is 6.39. The normalized spacial score (nSPS) is 12.9. The molecular formula is C14H23NO. The van der Waals surface area contributed by atoms with Crippen LogP contribution in [0.1, 0.15) is 51.3 Å². The van der Waals surface area contributed by atoms with Crippen molar-refractivity contribution in [2.24, 2.45) is 0 Å². The Balaban J connectivity index is 3.40. The first kappa shape index (κ1) is 13.2. The van der Waals surface area contributed by atoms with E-state index < -0.39 is 5.54 Å². The fraction of sp³-hybridized carbons (Fsp3) is 0.571. The lowest BCUT2D eigenvalue weighted by atomic mass is 9.78. The van der Waals surface area contributed by atoms with E-state index >= 15 is 0 Å². The number of hydrogen-bond acceptors (Lipinski definition) is 2. The largest absolute Gasteiger partial charge is 0.316 e. The van der Waals surface area contributed by atoms with E-state index in [9.17, 15) is 5.21 Å². The maximum Gasteiger partial charge on any atom is 0.0624 e. The lowest BCUT2D eigenvalue weighted by Gasteiger charge is -2.31. The summed E-state index contributed by atoms with van der Waals surface area (Å²) in [5, 5.41) is 9.26. The quantitative estimate of drug-likeness (QED) is 0.749. The highest BCUT2D eigenvalue weighted by Crippen LogP contribution is 2.33. The molecule has 2 heteroatoms. The number of hydroxylamine groups is 1. The molecule has 0 saturated carbocycles. The molecule has 1 aromatic carbocycles. The van der Waals surface area contributed by atoms with Gasteiger partial charge in [-0.3, -0.25) is 0 Å². The SMILES string of the molecule is Cc1ccc(C(C)(C)NO)c(C(C)(C)C)c1. The molecule has 1 aromatic rings. The minimum atomic E-state index is -0.420. The zero-order chi connectivity index (χ0) is 12.6. The van der Waals surface area contributed by atoms with Crippen LogP contribution in [0.3, 0.4) is 0 Å². The summed E-state index contributed by atoms with van der Waals surface area (Å²) >= 11 is 0. The first-order chi connectivity index (χ1) is 7.18. The van der Waals surface area contributed by atoms with Gasteiger partial charge in [-0.1, -0.05) is 44.5 Å². The van der Waals surface area contributed by atoms with Gasteiger partial charge in [0, 0.05) is 0 Å². The van der Waals surface area contributed by atoms with Gasteiger partial charge in [0.2, 0.25) is 0 Å². The molecule has 0 heterocycles. The van der Waals surface area contributed by atoms with Crippen LogP contribution in [0.4, 0.5) is 0 Å². The molecule has 0 fully saturated rings. The molecular weight excluding hydrogens is 198 g/mol. The highest BCUT2D eigenvalue weighted by molar-refractivity contribution is 5.40. The van der Waals surface area contributed by atoms with Gasteiger partial charge in [0.15, 0.2) is 0 Å². The van der Waals surface area contributed by atoms with Gasteiger partial charge in [-0.25, -0.2) is 0 Å².